The van der Waals surface area contributed by atoms with Crippen LogP contribution in [0.1, 0.15) is 21.5 Å². The Hall–Kier alpha value is -5.25. The number of amides is 2. The number of benzene rings is 3. The maximum absolute atomic E-state index is 14.7. The molecule has 0 saturated carbocycles. The van der Waals surface area contributed by atoms with E-state index < -0.39 is 29.6 Å². The molecule has 10 heteroatoms. The Morgan fingerprint density at radius 2 is 1.74 bits per heavy atom. The van der Waals surface area contributed by atoms with Crippen LogP contribution >= 0.6 is 0 Å². The highest BCUT2D eigenvalue weighted by Gasteiger charge is 2.30. The quantitative estimate of drug-likeness (QED) is 0.380. The van der Waals surface area contributed by atoms with E-state index in [1.807, 2.05) is 42.5 Å². The number of nitrogens with one attached hydrogen (secondary N) is 2. The van der Waals surface area contributed by atoms with Crippen LogP contribution in [0.4, 0.5) is 14.5 Å². The molecule has 0 unspecified atom stereocenters. The summed E-state index contributed by atoms with van der Waals surface area (Å²) >= 11 is 0. The van der Waals surface area contributed by atoms with Gasteiger partial charge in [0.15, 0.2) is 5.65 Å². The summed E-state index contributed by atoms with van der Waals surface area (Å²) < 4.78 is 29.7. The Morgan fingerprint density at radius 3 is 2.55 bits per heavy atom. The zero-order chi connectivity index (χ0) is 26.2. The number of anilines is 1. The molecule has 2 N–H and O–H groups in total. The van der Waals surface area contributed by atoms with Crippen LogP contribution in [-0.2, 0) is 4.79 Å². The topological polar surface area (TPSA) is 101 Å². The van der Waals surface area contributed by atoms with Gasteiger partial charge in [-0.15, -0.1) is 0 Å². The normalized spacial score (nSPS) is 14.8. The average molecular weight is 508 g/mol. The standard InChI is InChI=1S/C28H18F2N6O2/c29-17-11-12-18(20(30)15-17)24-22(26-31-13-6-14-36(26)35-24)27(37)34-25-28(38)32-21-10-5-4-9-19(21)23(33-25)16-7-2-1-3-8-16/h1-15,25H,(H,32,38)(H,34,37)/t25-/m1/s1. The fourth-order valence-electron chi connectivity index (χ4n) is 4.34. The van der Waals surface area contributed by atoms with Gasteiger partial charge in [-0.2, -0.15) is 5.10 Å². The molecule has 2 amide bonds. The van der Waals surface area contributed by atoms with Gasteiger partial charge in [0.1, 0.15) is 22.9 Å². The minimum atomic E-state index is -1.32. The number of nitrogens with zero attached hydrogens (tertiary/aromatic N) is 4. The maximum atomic E-state index is 14.7. The van der Waals surface area contributed by atoms with E-state index in [1.54, 1.807) is 24.4 Å². The number of halogens is 2. The number of para-hydroxylation sites is 1. The molecule has 38 heavy (non-hydrogen) atoms. The van der Waals surface area contributed by atoms with Crippen molar-refractivity contribution in [3.8, 4) is 11.3 Å². The molecule has 0 saturated heterocycles. The Balaban J connectivity index is 1.45. The molecule has 2 aromatic heterocycles. The summed E-state index contributed by atoms with van der Waals surface area (Å²) in [7, 11) is 0. The van der Waals surface area contributed by atoms with Crippen LogP contribution in [0.2, 0.25) is 0 Å². The van der Waals surface area contributed by atoms with Crippen molar-refractivity contribution >= 4 is 28.9 Å². The van der Waals surface area contributed by atoms with Gasteiger partial charge < -0.3 is 10.6 Å². The molecule has 6 rings (SSSR count). The summed E-state index contributed by atoms with van der Waals surface area (Å²) in [5.41, 5.74) is 2.40. The lowest BCUT2D eigenvalue weighted by Crippen LogP contribution is -2.42. The zero-order valence-corrected chi connectivity index (χ0v) is 19.6. The van der Waals surface area contributed by atoms with Gasteiger partial charge in [-0.25, -0.2) is 23.3 Å². The number of hydrogen-bond donors (Lipinski definition) is 2. The SMILES string of the molecule is O=C(N[C@H]1N=C(c2ccccc2)c2ccccc2NC1=O)c1c(-c2ccc(F)cc2F)nn2cccnc12. The minimum absolute atomic E-state index is 0.0525. The number of aromatic nitrogens is 3. The average Bonchev–Trinajstić information content (AvgIpc) is 3.24. The molecule has 0 bridgehead atoms. The summed E-state index contributed by atoms with van der Waals surface area (Å²) in [6.45, 7) is 0. The van der Waals surface area contributed by atoms with Crippen molar-refractivity contribution < 1.29 is 18.4 Å². The van der Waals surface area contributed by atoms with E-state index in [4.69, 9.17) is 0 Å². The molecule has 0 spiro atoms. The van der Waals surface area contributed by atoms with E-state index in [1.165, 1.54) is 16.8 Å². The molecule has 3 aromatic carbocycles. The van der Waals surface area contributed by atoms with E-state index >= 15 is 0 Å². The van der Waals surface area contributed by atoms with Crippen molar-refractivity contribution in [2.45, 2.75) is 6.17 Å². The second kappa shape index (κ2) is 9.32. The number of aliphatic imine (C=N–C) groups is 1. The number of benzodiazepines with no additional fused rings is 1. The van der Waals surface area contributed by atoms with Crippen molar-refractivity contribution in [2.75, 3.05) is 5.32 Å². The first-order valence-electron chi connectivity index (χ1n) is 11.6. The first-order chi connectivity index (χ1) is 18.5. The lowest BCUT2D eigenvalue weighted by atomic mass is 10.0. The smallest absolute Gasteiger partial charge is 0.269 e. The lowest BCUT2D eigenvalue weighted by Gasteiger charge is -2.13. The van der Waals surface area contributed by atoms with Crippen LogP contribution in [0.15, 0.2) is 96.2 Å². The van der Waals surface area contributed by atoms with Crippen molar-refractivity contribution in [1.82, 2.24) is 19.9 Å². The van der Waals surface area contributed by atoms with Crippen LogP contribution in [0.5, 0.6) is 0 Å². The summed E-state index contributed by atoms with van der Waals surface area (Å²) in [6, 6.07) is 21.0. The second-order valence-electron chi connectivity index (χ2n) is 8.49. The van der Waals surface area contributed by atoms with Crippen LogP contribution in [0.25, 0.3) is 16.9 Å². The Morgan fingerprint density at radius 1 is 0.947 bits per heavy atom. The summed E-state index contributed by atoms with van der Waals surface area (Å²) in [5.74, 6) is -2.97. The van der Waals surface area contributed by atoms with Gasteiger partial charge >= 0.3 is 0 Å². The number of carbonyl (C=O) groups excluding carboxylic acids is 2. The van der Waals surface area contributed by atoms with Gasteiger partial charge in [0.2, 0.25) is 6.17 Å². The lowest BCUT2D eigenvalue weighted by molar-refractivity contribution is -0.117. The molecule has 8 nitrogen and oxygen atoms in total. The van der Waals surface area contributed by atoms with E-state index in [-0.39, 0.29) is 22.5 Å². The van der Waals surface area contributed by atoms with E-state index in [0.717, 1.165) is 11.6 Å². The first kappa shape index (κ1) is 23.2. The fraction of sp³-hybridized carbons (Fsp3) is 0.0357. The Bertz CT molecular complexity index is 1750. The second-order valence-corrected chi connectivity index (χ2v) is 8.49. The Kier molecular flexibility index (Phi) is 5.68. The highest BCUT2D eigenvalue weighted by molar-refractivity contribution is 6.20. The van der Waals surface area contributed by atoms with Crippen molar-refractivity contribution in [3.63, 3.8) is 0 Å². The monoisotopic (exact) mass is 508 g/mol. The van der Waals surface area contributed by atoms with Crippen molar-refractivity contribution in [2.24, 2.45) is 4.99 Å². The third kappa shape index (κ3) is 4.07. The first-order valence-corrected chi connectivity index (χ1v) is 11.6. The van der Waals surface area contributed by atoms with E-state index in [9.17, 15) is 18.4 Å². The van der Waals surface area contributed by atoms with Crippen molar-refractivity contribution in [1.29, 1.82) is 0 Å². The molecule has 0 radical (unpaired) electrons. The number of carbonyl (C=O) groups is 2. The molecule has 0 fully saturated rings. The summed E-state index contributed by atoms with van der Waals surface area (Å²) in [6.07, 6.45) is 1.68. The van der Waals surface area contributed by atoms with Crippen LogP contribution in [-0.4, -0.2) is 38.3 Å². The largest absolute Gasteiger partial charge is 0.322 e. The van der Waals surface area contributed by atoms with Gasteiger partial charge in [-0.05, 0) is 24.3 Å². The summed E-state index contributed by atoms with van der Waals surface area (Å²) in [5, 5.41) is 9.78. The van der Waals surface area contributed by atoms with Gasteiger partial charge in [0.05, 0.1) is 11.4 Å². The summed E-state index contributed by atoms with van der Waals surface area (Å²) in [4.78, 5) is 35.7. The zero-order valence-electron chi connectivity index (χ0n) is 19.6. The predicted octanol–water partition coefficient (Wildman–Crippen LogP) is 4.22. The predicted molar refractivity (Wildman–Crippen MR) is 137 cm³/mol. The van der Waals surface area contributed by atoms with Gasteiger partial charge in [0, 0.05) is 35.2 Å². The number of rotatable bonds is 4. The fourth-order valence-corrected chi connectivity index (χ4v) is 4.34. The Labute approximate surface area is 214 Å². The molecular weight excluding hydrogens is 490 g/mol. The van der Waals surface area contributed by atoms with E-state index in [0.29, 0.717) is 23.0 Å². The molecule has 186 valence electrons. The van der Waals surface area contributed by atoms with E-state index in [2.05, 4.69) is 25.7 Å². The van der Waals surface area contributed by atoms with Crippen molar-refractivity contribution in [3.05, 3.63) is 120 Å². The van der Waals surface area contributed by atoms with Gasteiger partial charge in [0.25, 0.3) is 11.8 Å². The maximum Gasteiger partial charge on any atom is 0.269 e. The van der Waals surface area contributed by atoms with Crippen LogP contribution < -0.4 is 10.6 Å². The molecule has 1 aliphatic rings. The minimum Gasteiger partial charge on any atom is -0.322 e. The highest BCUT2D eigenvalue weighted by atomic mass is 19.1. The van der Waals surface area contributed by atoms with Crippen LogP contribution in [0, 0.1) is 11.6 Å². The van der Waals surface area contributed by atoms with Gasteiger partial charge in [-0.3, -0.25) is 9.59 Å². The molecule has 3 heterocycles. The van der Waals surface area contributed by atoms with Crippen LogP contribution in [0.3, 0.4) is 0 Å². The molecule has 1 atom stereocenters. The number of fused-ring (bicyclic) bond motifs is 2. The molecule has 5 aromatic rings. The molecular formula is C28H18F2N6O2. The molecule has 0 aliphatic carbocycles. The van der Waals surface area contributed by atoms with Gasteiger partial charge in [-0.1, -0.05) is 48.5 Å². The highest BCUT2D eigenvalue weighted by Crippen LogP contribution is 2.29. The molecule has 1 aliphatic heterocycles. The third-order valence-corrected chi connectivity index (χ3v) is 6.07. The number of hydrogen-bond acceptors (Lipinski definition) is 5. The third-order valence-electron chi connectivity index (χ3n) is 6.07.